The largest absolute Gasteiger partial charge is 0.388 e. The second kappa shape index (κ2) is 7.26. The van der Waals surface area contributed by atoms with Gasteiger partial charge in [-0.25, -0.2) is 0 Å². The highest BCUT2D eigenvalue weighted by Gasteiger charge is 2.22. The highest BCUT2D eigenvalue weighted by Crippen LogP contribution is 2.37. The molecule has 106 valence electrons. The van der Waals surface area contributed by atoms with Gasteiger partial charge in [-0.05, 0) is 45.6 Å². The van der Waals surface area contributed by atoms with Gasteiger partial charge in [-0.15, -0.1) is 0 Å². The quantitative estimate of drug-likeness (QED) is 0.729. The molecule has 0 spiro atoms. The van der Waals surface area contributed by atoms with Crippen molar-refractivity contribution in [2.45, 2.75) is 31.8 Å². The van der Waals surface area contributed by atoms with Gasteiger partial charge in [0.25, 0.3) is 0 Å². The van der Waals surface area contributed by atoms with Crippen molar-refractivity contribution in [2.24, 2.45) is 0 Å². The zero-order valence-electron chi connectivity index (χ0n) is 11.4. The van der Waals surface area contributed by atoms with Crippen LogP contribution in [0, 0.1) is 0 Å². The molecular weight excluding hydrogens is 336 g/mol. The van der Waals surface area contributed by atoms with E-state index in [-0.39, 0.29) is 5.92 Å². The van der Waals surface area contributed by atoms with Crippen molar-refractivity contribution in [3.63, 3.8) is 0 Å². The third kappa shape index (κ3) is 3.63. The van der Waals surface area contributed by atoms with Gasteiger partial charge in [0.05, 0.1) is 11.1 Å². The zero-order valence-corrected chi connectivity index (χ0v) is 13.7. The monoisotopic (exact) mass is 352 g/mol. The van der Waals surface area contributed by atoms with Crippen molar-refractivity contribution >= 4 is 27.5 Å². The van der Waals surface area contributed by atoms with E-state index in [1.54, 1.807) is 0 Å². The van der Waals surface area contributed by atoms with E-state index in [2.05, 4.69) is 22.9 Å². The lowest BCUT2D eigenvalue weighted by atomic mass is 9.86. The van der Waals surface area contributed by atoms with E-state index in [1.807, 2.05) is 48.5 Å². The van der Waals surface area contributed by atoms with Gasteiger partial charge in [-0.1, -0.05) is 61.3 Å². The molecule has 0 aliphatic carbocycles. The molecular formula is C17H18BrClO. The van der Waals surface area contributed by atoms with Gasteiger partial charge >= 0.3 is 0 Å². The smallest absolute Gasteiger partial charge is 0.0858 e. The van der Waals surface area contributed by atoms with Crippen molar-refractivity contribution in [3.05, 3.63) is 69.2 Å². The molecule has 0 saturated carbocycles. The third-order valence-electron chi connectivity index (χ3n) is 3.49. The average molecular weight is 354 g/mol. The summed E-state index contributed by atoms with van der Waals surface area (Å²) in [7, 11) is 0. The second-order valence-electron chi connectivity index (χ2n) is 4.92. The first-order valence-corrected chi connectivity index (χ1v) is 7.98. The van der Waals surface area contributed by atoms with E-state index < -0.39 is 6.10 Å². The molecule has 0 fully saturated rings. The Morgan fingerprint density at radius 3 is 2.40 bits per heavy atom. The number of hydrogen-bond donors (Lipinski definition) is 1. The van der Waals surface area contributed by atoms with Gasteiger partial charge < -0.3 is 5.11 Å². The summed E-state index contributed by atoms with van der Waals surface area (Å²) in [5, 5.41) is 11.4. The fourth-order valence-electron chi connectivity index (χ4n) is 2.44. The molecule has 0 aliphatic heterocycles. The summed E-state index contributed by atoms with van der Waals surface area (Å²) < 4.78 is 0.882. The van der Waals surface area contributed by atoms with Crippen LogP contribution in [0.4, 0.5) is 0 Å². The Morgan fingerprint density at radius 2 is 1.80 bits per heavy atom. The van der Waals surface area contributed by atoms with Crippen LogP contribution in [0.15, 0.2) is 53.0 Å². The number of rotatable bonds is 5. The zero-order chi connectivity index (χ0) is 14.5. The summed E-state index contributed by atoms with van der Waals surface area (Å²) >= 11 is 9.59. The first-order valence-electron chi connectivity index (χ1n) is 6.81. The predicted molar refractivity (Wildman–Crippen MR) is 88.2 cm³/mol. The molecule has 2 rings (SSSR count). The Labute approximate surface area is 133 Å². The molecule has 0 amide bonds. The van der Waals surface area contributed by atoms with Crippen molar-refractivity contribution in [3.8, 4) is 0 Å². The van der Waals surface area contributed by atoms with E-state index in [0.29, 0.717) is 5.02 Å². The van der Waals surface area contributed by atoms with E-state index in [1.165, 1.54) is 0 Å². The maximum absolute atomic E-state index is 10.7. The van der Waals surface area contributed by atoms with Gasteiger partial charge in [0, 0.05) is 10.4 Å². The minimum absolute atomic E-state index is 0.0630. The van der Waals surface area contributed by atoms with E-state index in [4.69, 9.17) is 11.6 Å². The Morgan fingerprint density at radius 1 is 1.10 bits per heavy atom. The van der Waals surface area contributed by atoms with Gasteiger partial charge in [0.2, 0.25) is 0 Å². The molecule has 2 atom stereocenters. The number of aliphatic hydroxyl groups is 1. The third-order valence-corrected chi connectivity index (χ3v) is 4.73. The summed E-state index contributed by atoms with van der Waals surface area (Å²) in [5.41, 5.74) is 2.03. The van der Waals surface area contributed by atoms with Crippen LogP contribution in [0.3, 0.4) is 0 Å². The molecule has 1 unspecified atom stereocenters. The van der Waals surface area contributed by atoms with Gasteiger partial charge in [0.15, 0.2) is 0 Å². The van der Waals surface area contributed by atoms with Crippen molar-refractivity contribution in [2.75, 3.05) is 0 Å². The molecule has 2 aromatic carbocycles. The van der Waals surface area contributed by atoms with Gasteiger partial charge in [-0.2, -0.15) is 0 Å². The van der Waals surface area contributed by atoms with Gasteiger partial charge in [0.1, 0.15) is 0 Å². The van der Waals surface area contributed by atoms with Crippen molar-refractivity contribution < 1.29 is 5.11 Å². The molecule has 0 saturated heterocycles. The summed E-state index contributed by atoms with van der Waals surface area (Å²) in [4.78, 5) is 0. The number of aliphatic hydroxyl groups excluding tert-OH is 1. The number of halogens is 2. The molecule has 3 heteroatoms. The standard InChI is InChI=1S/C17H18BrClO/c1-2-6-14(13-9-10-15(18)16(19)11-13)17(20)12-7-4-3-5-8-12/h3-5,7-11,14,17,20H,2,6H2,1H3/t14?,17-/m1/s1. The van der Waals surface area contributed by atoms with Gasteiger partial charge in [-0.3, -0.25) is 0 Å². The summed E-state index contributed by atoms with van der Waals surface area (Å²) in [5.74, 6) is 0.0630. The molecule has 1 N–H and O–H groups in total. The van der Waals surface area contributed by atoms with Crippen LogP contribution < -0.4 is 0 Å². The topological polar surface area (TPSA) is 20.2 Å². The first-order chi connectivity index (χ1) is 9.63. The minimum Gasteiger partial charge on any atom is -0.388 e. The Balaban J connectivity index is 2.33. The normalized spacial score (nSPS) is 14.0. The maximum Gasteiger partial charge on any atom is 0.0858 e. The molecule has 0 heterocycles. The predicted octanol–water partition coefficient (Wildman–Crippen LogP) is 5.72. The Kier molecular flexibility index (Phi) is 5.64. The molecule has 0 aromatic heterocycles. The molecule has 0 radical (unpaired) electrons. The molecule has 2 aromatic rings. The Hall–Kier alpha value is -0.830. The average Bonchev–Trinajstić information content (AvgIpc) is 2.48. The first kappa shape index (κ1) is 15.6. The van der Waals surface area contributed by atoms with Crippen LogP contribution in [0.25, 0.3) is 0 Å². The van der Waals surface area contributed by atoms with E-state index in [9.17, 15) is 5.11 Å². The molecule has 0 aliphatic rings. The summed E-state index contributed by atoms with van der Waals surface area (Å²) in [6, 6.07) is 15.7. The summed E-state index contributed by atoms with van der Waals surface area (Å²) in [6.45, 7) is 2.13. The highest BCUT2D eigenvalue weighted by atomic mass is 79.9. The fraction of sp³-hybridized carbons (Fsp3) is 0.294. The van der Waals surface area contributed by atoms with Crippen LogP contribution in [0.5, 0.6) is 0 Å². The molecule has 0 bridgehead atoms. The van der Waals surface area contributed by atoms with Crippen molar-refractivity contribution in [1.82, 2.24) is 0 Å². The fourth-order valence-corrected chi connectivity index (χ4v) is 2.88. The number of benzene rings is 2. The molecule has 20 heavy (non-hydrogen) atoms. The minimum atomic E-state index is -0.506. The lowest BCUT2D eigenvalue weighted by Gasteiger charge is -2.24. The van der Waals surface area contributed by atoms with E-state index >= 15 is 0 Å². The number of hydrogen-bond acceptors (Lipinski definition) is 1. The van der Waals surface area contributed by atoms with Crippen molar-refractivity contribution in [1.29, 1.82) is 0 Å². The SMILES string of the molecule is CCCC(c1ccc(Br)c(Cl)c1)[C@H](O)c1ccccc1. The lowest BCUT2D eigenvalue weighted by Crippen LogP contribution is -2.11. The van der Waals surface area contributed by atoms with Crippen LogP contribution in [-0.4, -0.2) is 5.11 Å². The van der Waals surface area contributed by atoms with Crippen LogP contribution >= 0.6 is 27.5 Å². The highest BCUT2D eigenvalue weighted by molar-refractivity contribution is 9.10. The molecule has 1 nitrogen and oxygen atoms in total. The Bertz CT molecular complexity index is 556. The van der Waals surface area contributed by atoms with Crippen LogP contribution in [0.2, 0.25) is 5.02 Å². The lowest BCUT2D eigenvalue weighted by molar-refractivity contribution is 0.140. The van der Waals surface area contributed by atoms with E-state index in [0.717, 1.165) is 28.4 Å². The van der Waals surface area contributed by atoms with Crippen LogP contribution in [-0.2, 0) is 0 Å². The second-order valence-corrected chi connectivity index (χ2v) is 6.19. The van der Waals surface area contributed by atoms with Crippen LogP contribution in [0.1, 0.15) is 42.9 Å². The summed E-state index contributed by atoms with van der Waals surface area (Å²) in [6.07, 6.45) is 1.43. The maximum atomic E-state index is 10.7.